The molecule has 0 saturated heterocycles. The molecular weight excluding hydrogens is 228 g/mol. The van der Waals surface area contributed by atoms with E-state index in [1.54, 1.807) is 0 Å². The van der Waals surface area contributed by atoms with Crippen molar-refractivity contribution in [3.63, 3.8) is 0 Å². The number of Topliss-reactive ketones (excluding diaryl/α,β-unsaturated/α-hetero) is 1. The molecule has 0 bridgehead atoms. The first-order chi connectivity index (χ1) is 8.41. The van der Waals surface area contributed by atoms with Gasteiger partial charge >= 0.3 is 0 Å². The van der Waals surface area contributed by atoms with Crippen molar-refractivity contribution in [1.82, 2.24) is 10.3 Å². The van der Waals surface area contributed by atoms with Crippen molar-refractivity contribution in [2.75, 3.05) is 0 Å². The van der Waals surface area contributed by atoms with Gasteiger partial charge in [0.05, 0.1) is 0 Å². The van der Waals surface area contributed by atoms with E-state index in [9.17, 15) is 9.59 Å². The molecule has 0 aromatic carbocycles. The van der Waals surface area contributed by atoms with Gasteiger partial charge < -0.3 is 10.3 Å². The molecule has 1 amide bonds. The summed E-state index contributed by atoms with van der Waals surface area (Å²) in [6.45, 7) is 7.20. The number of nitrogens with one attached hydrogen (secondary N) is 2. The normalized spacial score (nSPS) is 16.4. The second-order valence-electron chi connectivity index (χ2n) is 5.28. The second kappa shape index (κ2) is 4.59. The van der Waals surface area contributed by atoms with Gasteiger partial charge in [0.15, 0.2) is 5.78 Å². The van der Waals surface area contributed by atoms with Crippen LogP contribution in [0.25, 0.3) is 0 Å². The van der Waals surface area contributed by atoms with Gasteiger partial charge in [0.2, 0.25) is 0 Å². The molecule has 1 fully saturated rings. The lowest BCUT2D eigenvalue weighted by atomic mass is 10.1. The molecule has 0 aliphatic heterocycles. The van der Waals surface area contributed by atoms with Gasteiger partial charge in [-0.15, -0.1) is 0 Å². The average Bonchev–Trinajstić information content (AvgIpc) is 3.04. The van der Waals surface area contributed by atoms with Crippen LogP contribution in [0, 0.1) is 19.8 Å². The maximum Gasteiger partial charge on any atom is 0.268 e. The predicted octanol–water partition coefficient (Wildman–Crippen LogP) is 2.36. The van der Waals surface area contributed by atoms with Gasteiger partial charge in [0, 0.05) is 17.3 Å². The Bertz CT molecular complexity index is 498. The molecule has 1 saturated carbocycles. The van der Waals surface area contributed by atoms with E-state index in [1.807, 2.05) is 20.8 Å². The van der Waals surface area contributed by atoms with Crippen molar-refractivity contribution in [1.29, 1.82) is 0 Å². The first-order valence-electron chi connectivity index (χ1n) is 6.42. The highest BCUT2D eigenvalue weighted by Gasteiger charge is 2.30. The number of amides is 1. The number of H-pyrrole nitrogens is 1. The lowest BCUT2D eigenvalue weighted by Crippen LogP contribution is -2.34. The standard InChI is InChI=1S/C14H20N2O2/c1-7-12(10(4)17)9(3)15-13(7)14(18)16-8(2)11-5-6-11/h8,11,15H,5-6H2,1-4H3,(H,16,18)/t8-/m1/s1. The average molecular weight is 248 g/mol. The largest absolute Gasteiger partial charge is 0.354 e. The minimum absolute atomic E-state index is 0.00413. The van der Waals surface area contributed by atoms with Crippen molar-refractivity contribution in [2.45, 2.75) is 46.6 Å². The summed E-state index contributed by atoms with van der Waals surface area (Å²) >= 11 is 0. The summed E-state index contributed by atoms with van der Waals surface area (Å²) in [5, 5.41) is 3.00. The summed E-state index contributed by atoms with van der Waals surface area (Å²) in [7, 11) is 0. The molecule has 2 rings (SSSR count). The van der Waals surface area contributed by atoms with Crippen LogP contribution in [0.5, 0.6) is 0 Å². The zero-order valence-corrected chi connectivity index (χ0v) is 11.4. The van der Waals surface area contributed by atoms with Crippen LogP contribution < -0.4 is 5.32 Å². The Hall–Kier alpha value is -1.58. The van der Waals surface area contributed by atoms with Crippen LogP contribution >= 0.6 is 0 Å². The van der Waals surface area contributed by atoms with Crippen LogP contribution in [0.4, 0.5) is 0 Å². The van der Waals surface area contributed by atoms with Gasteiger partial charge in [-0.25, -0.2) is 0 Å². The van der Waals surface area contributed by atoms with Crippen molar-refractivity contribution < 1.29 is 9.59 Å². The van der Waals surface area contributed by atoms with Crippen molar-refractivity contribution in [2.24, 2.45) is 5.92 Å². The molecule has 98 valence electrons. The van der Waals surface area contributed by atoms with E-state index in [1.165, 1.54) is 19.8 Å². The molecule has 1 atom stereocenters. The summed E-state index contributed by atoms with van der Waals surface area (Å²) in [5.74, 6) is 0.510. The first kappa shape index (κ1) is 12.9. The molecule has 1 aliphatic carbocycles. The van der Waals surface area contributed by atoms with E-state index in [0.717, 1.165) is 11.3 Å². The highest BCUT2D eigenvalue weighted by molar-refractivity contribution is 6.02. The predicted molar refractivity (Wildman–Crippen MR) is 69.9 cm³/mol. The summed E-state index contributed by atoms with van der Waals surface area (Å²) in [5.41, 5.74) is 2.68. The molecule has 0 radical (unpaired) electrons. The molecule has 2 N–H and O–H groups in total. The Kier molecular flexibility index (Phi) is 3.28. The zero-order valence-electron chi connectivity index (χ0n) is 11.4. The number of ketones is 1. The van der Waals surface area contributed by atoms with E-state index < -0.39 is 0 Å². The maximum absolute atomic E-state index is 12.1. The molecule has 4 heteroatoms. The van der Waals surface area contributed by atoms with Gasteiger partial charge in [0.25, 0.3) is 5.91 Å². The molecular formula is C14H20N2O2. The van der Waals surface area contributed by atoms with Crippen LogP contribution in [0.2, 0.25) is 0 Å². The van der Waals surface area contributed by atoms with Gasteiger partial charge in [-0.3, -0.25) is 9.59 Å². The number of aryl methyl sites for hydroxylation is 1. The molecule has 1 aliphatic rings. The summed E-state index contributed by atoms with van der Waals surface area (Å²) in [4.78, 5) is 26.7. The Morgan fingerprint density at radius 1 is 1.33 bits per heavy atom. The molecule has 0 spiro atoms. The summed E-state index contributed by atoms with van der Waals surface area (Å²) in [6.07, 6.45) is 2.39. The number of carbonyl (C=O) groups excluding carboxylic acids is 2. The number of carbonyl (C=O) groups is 2. The fraction of sp³-hybridized carbons (Fsp3) is 0.571. The van der Waals surface area contributed by atoms with Gasteiger partial charge in [-0.2, -0.15) is 0 Å². The quantitative estimate of drug-likeness (QED) is 0.803. The number of hydrogen-bond donors (Lipinski definition) is 2. The minimum atomic E-state index is -0.109. The van der Waals surface area contributed by atoms with Crippen molar-refractivity contribution >= 4 is 11.7 Å². The van der Waals surface area contributed by atoms with Crippen molar-refractivity contribution in [3.8, 4) is 0 Å². The lowest BCUT2D eigenvalue weighted by molar-refractivity contribution is 0.0930. The highest BCUT2D eigenvalue weighted by Crippen LogP contribution is 2.32. The second-order valence-corrected chi connectivity index (χ2v) is 5.28. The Morgan fingerprint density at radius 3 is 2.39 bits per heavy atom. The van der Waals surface area contributed by atoms with Crippen LogP contribution in [0.15, 0.2) is 0 Å². The Balaban J connectivity index is 2.19. The first-order valence-corrected chi connectivity index (χ1v) is 6.42. The molecule has 0 unspecified atom stereocenters. The Morgan fingerprint density at radius 2 is 1.94 bits per heavy atom. The lowest BCUT2D eigenvalue weighted by Gasteiger charge is -2.12. The third kappa shape index (κ3) is 2.33. The number of aromatic amines is 1. The number of rotatable bonds is 4. The third-order valence-electron chi connectivity index (χ3n) is 3.70. The Labute approximate surface area is 107 Å². The van der Waals surface area contributed by atoms with Gasteiger partial charge in [0.1, 0.15) is 5.69 Å². The maximum atomic E-state index is 12.1. The molecule has 18 heavy (non-hydrogen) atoms. The third-order valence-corrected chi connectivity index (χ3v) is 3.70. The van der Waals surface area contributed by atoms with Gasteiger partial charge in [-0.05, 0) is 52.0 Å². The van der Waals surface area contributed by atoms with E-state index >= 15 is 0 Å². The fourth-order valence-corrected chi connectivity index (χ4v) is 2.50. The minimum Gasteiger partial charge on any atom is -0.354 e. The summed E-state index contributed by atoms with van der Waals surface area (Å²) < 4.78 is 0. The van der Waals surface area contributed by atoms with Crippen LogP contribution in [0.3, 0.4) is 0 Å². The monoisotopic (exact) mass is 248 g/mol. The van der Waals surface area contributed by atoms with Crippen LogP contribution in [-0.2, 0) is 0 Å². The van der Waals surface area contributed by atoms with Crippen LogP contribution in [0.1, 0.15) is 58.8 Å². The SMILES string of the molecule is CC(=O)c1c(C)[nH]c(C(=O)N[C@H](C)C2CC2)c1C. The molecule has 1 aromatic heterocycles. The van der Waals surface area contributed by atoms with E-state index in [-0.39, 0.29) is 17.7 Å². The topological polar surface area (TPSA) is 62.0 Å². The smallest absolute Gasteiger partial charge is 0.268 e. The number of hydrogen-bond acceptors (Lipinski definition) is 2. The molecule has 4 nitrogen and oxygen atoms in total. The van der Waals surface area contributed by atoms with Gasteiger partial charge in [-0.1, -0.05) is 0 Å². The molecule has 1 aromatic rings. The molecule has 1 heterocycles. The van der Waals surface area contributed by atoms with E-state index in [4.69, 9.17) is 0 Å². The van der Waals surface area contributed by atoms with E-state index in [0.29, 0.717) is 17.2 Å². The summed E-state index contributed by atoms with van der Waals surface area (Å²) in [6, 6.07) is 0.210. The van der Waals surface area contributed by atoms with Crippen LogP contribution in [-0.4, -0.2) is 22.7 Å². The highest BCUT2D eigenvalue weighted by atomic mass is 16.2. The fourth-order valence-electron chi connectivity index (χ4n) is 2.50. The zero-order chi connectivity index (χ0) is 13.4. The van der Waals surface area contributed by atoms with E-state index in [2.05, 4.69) is 10.3 Å². The number of aromatic nitrogens is 1. The van der Waals surface area contributed by atoms with Crippen molar-refractivity contribution in [3.05, 3.63) is 22.5 Å².